The van der Waals surface area contributed by atoms with Crippen molar-refractivity contribution in [3.63, 3.8) is 0 Å². The maximum absolute atomic E-state index is 13.4. The summed E-state index contributed by atoms with van der Waals surface area (Å²) in [6, 6.07) is 6.96. The monoisotopic (exact) mass is 221 g/mol. The number of hydrogen-bond acceptors (Lipinski definition) is 2. The lowest BCUT2D eigenvalue weighted by Gasteiger charge is -2.10. The minimum atomic E-state index is -0.309. The first-order chi connectivity index (χ1) is 7.58. The molecule has 0 aliphatic carbocycles. The molecule has 0 bridgehead atoms. The van der Waals surface area contributed by atoms with E-state index in [1.807, 2.05) is 26.0 Å². The predicted molar refractivity (Wildman–Crippen MR) is 62.9 cm³/mol. The van der Waals surface area contributed by atoms with Crippen LogP contribution in [0.1, 0.15) is 31.9 Å². The number of hydrogen-bond donors (Lipinski definition) is 1. The van der Waals surface area contributed by atoms with Gasteiger partial charge in [-0.05, 0) is 25.5 Å². The van der Waals surface area contributed by atoms with Gasteiger partial charge in [0.1, 0.15) is 5.76 Å². The summed E-state index contributed by atoms with van der Waals surface area (Å²) in [5, 5.41) is 0.812. The average Bonchev–Trinajstić information content (AvgIpc) is 2.61. The van der Waals surface area contributed by atoms with Gasteiger partial charge in [0.2, 0.25) is 0 Å². The first kappa shape index (κ1) is 11.1. The molecule has 3 heteroatoms. The molecule has 0 saturated heterocycles. The van der Waals surface area contributed by atoms with Gasteiger partial charge in [-0.1, -0.05) is 19.1 Å². The zero-order valence-corrected chi connectivity index (χ0v) is 9.53. The number of nitrogens with two attached hydrogens (primary N) is 1. The van der Waals surface area contributed by atoms with Crippen LogP contribution in [0.15, 0.2) is 28.7 Å². The van der Waals surface area contributed by atoms with Crippen LogP contribution in [0.3, 0.4) is 0 Å². The SMILES string of the molecule is CC(N)CC(C)c1cc2cccc(F)c2o1. The van der Waals surface area contributed by atoms with Crippen LogP contribution >= 0.6 is 0 Å². The maximum Gasteiger partial charge on any atom is 0.169 e. The molecule has 0 aliphatic rings. The molecular formula is C13H16FNO. The van der Waals surface area contributed by atoms with E-state index in [1.54, 1.807) is 6.07 Å². The summed E-state index contributed by atoms with van der Waals surface area (Å²) < 4.78 is 18.9. The Morgan fingerprint density at radius 2 is 2.12 bits per heavy atom. The van der Waals surface area contributed by atoms with Crippen LogP contribution < -0.4 is 5.73 Å². The molecule has 0 spiro atoms. The van der Waals surface area contributed by atoms with Crippen molar-refractivity contribution >= 4 is 11.0 Å². The molecule has 2 N–H and O–H groups in total. The van der Waals surface area contributed by atoms with Gasteiger partial charge in [0, 0.05) is 17.3 Å². The Morgan fingerprint density at radius 1 is 1.38 bits per heavy atom. The molecule has 0 amide bonds. The molecule has 0 aliphatic heterocycles. The number of fused-ring (bicyclic) bond motifs is 1. The van der Waals surface area contributed by atoms with Gasteiger partial charge >= 0.3 is 0 Å². The molecule has 2 unspecified atom stereocenters. The summed E-state index contributed by atoms with van der Waals surface area (Å²) >= 11 is 0. The summed E-state index contributed by atoms with van der Waals surface area (Å²) in [5.74, 6) is 0.709. The summed E-state index contributed by atoms with van der Waals surface area (Å²) in [5.41, 5.74) is 6.08. The van der Waals surface area contributed by atoms with Crippen LogP contribution in [-0.2, 0) is 0 Å². The largest absolute Gasteiger partial charge is 0.458 e. The Bertz CT molecular complexity index is 490. The van der Waals surface area contributed by atoms with Crippen molar-refractivity contribution in [2.45, 2.75) is 32.2 Å². The number of para-hydroxylation sites is 1. The topological polar surface area (TPSA) is 39.2 Å². The second-order valence-electron chi connectivity index (χ2n) is 4.42. The van der Waals surface area contributed by atoms with Crippen LogP contribution in [0.2, 0.25) is 0 Å². The highest BCUT2D eigenvalue weighted by Gasteiger charge is 2.14. The number of furan rings is 1. The van der Waals surface area contributed by atoms with Crippen molar-refractivity contribution in [2.24, 2.45) is 5.73 Å². The Morgan fingerprint density at radius 3 is 2.75 bits per heavy atom. The fourth-order valence-electron chi connectivity index (χ4n) is 1.96. The Hall–Kier alpha value is -1.35. The van der Waals surface area contributed by atoms with Crippen LogP contribution in [0.25, 0.3) is 11.0 Å². The standard InChI is InChI=1S/C13H16FNO/c1-8(6-9(2)15)12-7-10-4-3-5-11(14)13(10)16-12/h3-5,7-9H,6,15H2,1-2H3. The van der Waals surface area contributed by atoms with Gasteiger partial charge in [-0.15, -0.1) is 0 Å². The third kappa shape index (κ3) is 2.09. The van der Waals surface area contributed by atoms with Gasteiger partial charge < -0.3 is 10.2 Å². The van der Waals surface area contributed by atoms with E-state index < -0.39 is 0 Å². The highest BCUT2D eigenvalue weighted by molar-refractivity contribution is 5.78. The lowest BCUT2D eigenvalue weighted by molar-refractivity contribution is 0.458. The van der Waals surface area contributed by atoms with Gasteiger partial charge in [0.15, 0.2) is 11.4 Å². The zero-order chi connectivity index (χ0) is 11.7. The molecule has 2 aromatic rings. The molecule has 0 fully saturated rings. The van der Waals surface area contributed by atoms with Crippen LogP contribution in [0.4, 0.5) is 4.39 Å². The second kappa shape index (κ2) is 4.26. The van der Waals surface area contributed by atoms with Gasteiger partial charge in [0.25, 0.3) is 0 Å². The lowest BCUT2D eigenvalue weighted by Crippen LogP contribution is -2.17. The zero-order valence-electron chi connectivity index (χ0n) is 9.53. The summed E-state index contributed by atoms with van der Waals surface area (Å²) in [7, 11) is 0. The van der Waals surface area contributed by atoms with E-state index >= 15 is 0 Å². The molecule has 2 nitrogen and oxygen atoms in total. The van der Waals surface area contributed by atoms with Crippen molar-refractivity contribution in [3.8, 4) is 0 Å². The number of rotatable bonds is 3. The predicted octanol–water partition coefficient (Wildman–Crippen LogP) is 3.41. The van der Waals surface area contributed by atoms with Crippen LogP contribution in [0, 0.1) is 5.82 Å². The minimum Gasteiger partial charge on any atom is -0.458 e. The minimum absolute atomic E-state index is 0.119. The van der Waals surface area contributed by atoms with E-state index in [4.69, 9.17) is 10.2 Å². The van der Waals surface area contributed by atoms with Crippen LogP contribution in [-0.4, -0.2) is 6.04 Å². The number of halogens is 1. The molecular weight excluding hydrogens is 205 g/mol. The van der Waals surface area contributed by atoms with Gasteiger partial charge in [-0.25, -0.2) is 4.39 Å². The Balaban J connectivity index is 2.36. The molecule has 2 rings (SSSR count). The van der Waals surface area contributed by atoms with E-state index in [-0.39, 0.29) is 17.8 Å². The fourth-order valence-corrected chi connectivity index (χ4v) is 1.96. The van der Waals surface area contributed by atoms with Crippen molar-refractivity contribution in [1.29, 1.82) is 0 Å². The summed E-state index contributed by atoms with van der Waals surface area (Å²) in [6.45, 7) is 4.00. The van der Waals surface area contributed by atoms with Gasteiger partial charge in [-0.3, -0.25) is 0 Å². The van der Waals surface area contributed by atoms with Gasteiger partial charge in [0.05, 0.1) is 0 Å². The first-order valence-corrected chi connectivity index (χ1v) is 5.51. The van der Waals surface area contributed by atoms with Crippen molar-refractivity contribution < 1.29 is 8.81 Å². The van der Waals surface area contributed by atoms with E-state index in [9.17, 15) is 4.39 Å². The van der Waals surface area contributed by atoms with Crippen molar-refractivity contribution in [2.75, 3.05) is 0 Å². The van der Waals surface area contributed by atoms with E-state index in [0.29, 0.717) is 5.58 Å². The molecule has 16 heavy (non-hydrogen) atoms. The molecule has 1 heterocycles. The molecule has 1 aromatic carbocycles. The van der Waals surface area contributed by atoms with Crippen molar-refractivity contribution in [3.05, 3.63) is 35.8 Å². The Labute approximate surface area is 94.2 Å². The second-order valence-corrected chi connectivity index (χ2v) is 4.42. The lowest BCUT2D eigenvalue weighted by atomic mass is 10.0. The molecule has 0 saturated carbocycles. The number of benzene rings is 1. The highest BCUT2D eigenvalue weighted by atomic mass is 19.1. The summed E-state index contributed by atoms with van der Waals surface area (Å²) in [6.07, 6.45) is 0.835. The third-order valence-electron chi connectivity index (χ3n) is 2.73. The summed E-state index contributed by atoms with van der Waals surface area (Å²) in [4.78, 5) is 0. The maximum atomic E-state index is 13.4. The van der Waals surface area contributed by atoms with Crippen molar-refractivity contribution in [1.82, 2.24) is 0 Å². The normalized spacial score (nSPS) is 15.2. The quantitative estimate of drug-likeness (QED) is 0.862. The third-order valence-corrected chi connectivity index (χ3v) is 2.73. The molecule has 0 radical (unpaired) electrons. The molecule has 86 valence electrons. The van der Waals surface area contributed by atoms with Gasteiger partial charge in [-0.2, -0.15) is 0 Å². The highest BCUT2D eigenvalue weighted by Crippen LogP contribution is 2.28. The fraction of sp³-hybridized carbons (Fsp3) is 0.385. The smallest absolute Gasteiger partial charge is 0.169 e. The molecule has 2 atom stereocenters. The van der Waals surface area contributed by atoms with Crippen LogP contribution in [0.5, 0.6) is 0 Å². The van der Waals surface area contributed by atoms with E-state index in [1.165, 1.54) is 6.07 Å². The molecule has 1 aromatic heterocycles. The Kier molecular flexibility index (Phi) is 2.97. The van der Waals surface area contributed by atoms with E-state index in [0.717, 1.165) is 17.6 Å². The first-order valence-electron chi connectivity index (χ1n) is 5.51. The van der Waals surface area contributed by atoms with E-state index in [2.05, 4.69) is 0 Å². The average molecular weight is 221 g/mol.